The molecule has 4 nitrogen and oxygen atoms in total. The van der Waals surface area contributed by atoms with Crippen molar-refractivity contribution in [2.75, 3.05) is 27.2 Å². The third-order valence-corrected chi connectivity index (χ3v) is 4.01. The minimum Gasteiger partial charge on any atom is -0.491 e. The number of hydrogen-bond donors (Lipinski definition) is 1. The Morgan fingerprint density at radius 3 is 2.82 bits per heavy atom. The molecular weight excluding hydrogens is 236 g/mol. The van der Waals surface area contributed by atoms with Crippen molar-refractivity contribution in [1.29, 1.82) is 0 Å². The molecule has 1 aliphatic carbocycles. The maximum atomic E-state index is 11.3. The first kappa shape index (κ1) is 12.4. The Hall–Kier alpha value is -1.07. The average Bonchev–Trinajstić information content (AvgIpc) is 2.99. The quantitative estimate of drug-likeness (QED) is 0.840. The Morgan fingerprint density at radius 1 is 1.59 bits per heavy atom. The van der Waals surface area contributed by atoms with Gasteiger partial charge in [0.15, 0.2) is 0 Å². The third-order valence-electron chi connectivity index (χ3n) is 2.72. The number of rotatable bonds is 6. The summed E-state index contributed by atoms with van der Waals surface area (Å²) in [5.74, 6) is 0.900. The van der Waals surface area contributed by atoms with Gasteiger partial charge in [0.1, 0.15) is 17.2 Å². The van der Waals surface area contributed by atoms with E-state index in [1.807, 2.05) is 25.1 Å². The second-order valence-corrected chi connectivity index (χ2v) is 5.72. The molecule has 17 heavy (non-hydrogen) atoms. The zero-order valence-corrected chi connectivity index (χ0v) is 11.0. The van der Waals surface area contributed by atoms with Crippen molar-refractivity contribution < 1.29 is 9.53 Å². The van der Waals surface area contributed by atoms with Gasteiger partial charge in [-0.15, -0.1) is 11.3 Å². The number of carbonyl (C=O) groups excluding carboxylic acids is 1. The highest BCUT2D eigenvalue weighted by atomic mass is 32.1. The lowest BCUT2D eigenvalue weighted by Crippen LogP contribution is -2.20. The third kappa shape index (κ3) is 3.20. The van der Waals surface area contributed by atoms with Crippen LogP contribution < -0.4 is 10.5 Å². The van der Waals surface area contributed by atoms with Crippen LogP contribution in [0.4, 0.5) is 0 Å². The smallest absolute Gasteiger partial charge is 0.262 e. The Kier molecular flexibility index (Phi) is 3.69. The van der Waals surface area contributed by atoms with Gasteiger partial charge in [-0.25, -0.2) is 0 Å². The van der Waals surface area contributed by atoms with E-state index in [0.717, 1.165) is 6.54 Å². The number of ether oxygens (including phenoxy) is 1. The van der Waals surface area contributed by atoms with Crippen molar-refractivity contribution in [2.24, 2.45) is 5.73 Å². The first-order valence-corrected chi connectivity index (χ1v) is 6.60. The maximum absolute atomic E-state index is 11.3. The van der Waals surface area contributed by atoms with Gasteiger partial charge in [0.25, 0.3) is 5.91 Å². The van der Waals surface area contributed by atoms with E-state index in [4.69, 9.17) is 10.5 Å². The molecule has 0 aliphatic heterocycles. The monoisotopic (exact) mass is 254 g/mol. The summed E-state index contributed by atoms with van der Waals surface area (Å²) < 4.78 is 5.64. The zero-order chi connectivity index (χ0) is 12.4. The molecule has 0 atom stereocenters. The fraction of sp³-hybridized carbons (Fsp3) is 0.583. The lowest BCUT2D eigenvalue weighted by Gasteiger charge is -2.10. The summed E-state index contributed by atoms with van der Waals surface area (Å²) in [6.07, 6.45) is 2.44. The van der Waals surface area contributed by atoms with Crippen molar-refractivity contribution >= 4 is 17.2 Å². The van der Waals surface area contributed by atoms with Crippen LogP contribution in [0, 0.1) is 0 Å². The fourth-order valence-corrected chi connectivity index (χ4v) is 2.70. The number of thiophene rings is 1. The molecule has 1 aliphatic rings. The molecule has 1 aromatic rings. The van der Waals surface area contributed by atoms with E-state index in [1.54, 1.807) is 0 Å². The number of likely N-dealkylation sites (N-methyl/N-ethyl adjacent to an activating group) is 1. The van der Waals surface area contributed by atoms with Crippen LogP contribution in [0.3, 0.4) is 0 Å². The lowest BCUT2D eigenvalue weighted by atomic mass is 10.3. The molecule has 0 aromatic carbocycles. The summed E-state index contributed by atoms with van der Waals surface area (Å²) in [5, 5.41) is 0. The highest BCUT2D eigenvalue weighted by Crippen LogP contribution is 2.46. The molecule has 0 radical (unpaired) electrons. The van der Waals surface area contributed by atoms with Gasteiger partial charge in [-0.1, -0.05) is 0 Å². The molecule has 5 heteroatoms. The van der Waals surface area contributed by atoms with E-state index in [9.17, 15) is 4.79 Å². The number of nitrogens with two attached hydrogens (primary N) is 1. The molecule has 1 fully saturated rings. The summed E-state index contributed by atoms with van der Waals surface area (Å²) in [6, 6.07) is 1.98. The average molecular weight is 254 g/mol. The predicted octanol–water partition coefficient (Wildman–Crippen LogP) is 1.66. The van der Waals surface area contributed by atoms with Crippen LogP contribution in [0.5, 0.6) is 5.75 Å². The summed E-state index contributed by atoms with van der Waals surface area (Å²) >= 11 is 1.48. The van der Waals surface area contributed by atoms with Gasteiger partial charge in [-0.2, -0.15) is 0 Å². The molecule has 0 bridgehead atoms. The van der Waals surface area contributed by atoms with Gasteiger partial charge in [-0.05, 0) is 38.9 Å². The topological polar surface area (TPSA) is 55.6 Å². The number of amides is 1. The molecule has 2 N–H and O–H groups in total. The molecule has 0 saturated heterocycles. The Morgan fingerprint density at radius 2 is 2.29 bits per heavy atom. The van der Waals surface area contributed by atoms with Crippen LogP contribution in [0.15, 0.2) is 6.07 Å². The predicted molar refractivity (Wildman–Crippen MR) is 68.9 cm³/mol. The van der Waals surface area contributed by atoms with Crippen molar-refractivity contribution in [2.45, 2.75) is 18.8 Å². The SMILES string of the molecule is CN(C)CCOc1cc(C2CC2)sc1C(N)=O. The summed E-state index contributed by atoms with van der Waals surface area (Å²) in [7, 11) is 3.98. The zero-order valence-electron chi connectivity index (χ0n) is 10.2. The van der Waals surface area contributed by atoms with E-state index in [0.29, 0.717) is 23.2 Å². The second-order valence-electron chi connectivity index (χ2n) is 4.63. The molecule has 0 unspecified atom stereocenters. The Labute approximate surface area is 105 Å². The minimum absolute atomic E-state index is 0.387. The van der Waals surface area contributed by atoms with E-state index in [2.05, 4.69) is 0 Å². The van der Waals surface area contributed by atoms with Gasteiger partial charge in [0, 0.05) is 11.4 Å². The van der Waals surface area contributed by atoms with E-state index in [-0.39, 0.29) is 5.91 Å². The molecule has 2 rings (SSSR count). The Bertz CT molecular complexity index is 411. The summed E-state index contributed by atoms with van der Waals surface area (Å²) in [5.41, 5.74) is 5.36. The Balaban J connectivity index is 2.05. The first-order chi connectivity index (χ1) is 8.08. The van der Waals surface area contributed by atoms with E-state index < -0.39 is 0 Å². The van der Waals surface area contributed by atoms with Crippen LogP contribution in [-0.2, 0) is 0 Å². The maximum Gasteiger partial charge on any atom is 0.262 e. The van der Waals surface area contributed by atoms with Crippen molar-refractivity contribution in [3.8, 4) is 5.75 Å². The van der Waals surface area contributed by atoms with Gasteiger partial charge in [0.05, 0.1) is 0 Å². The van der Waals surface area contributed by atoms with Crippen molar-refractivity contribution in [3.63, 3.8) is 0 Å². The molecule has 1 amide bonds. The minimum atomic E-state index is -0.387. The highest BCUT2D eigenvalue weighted by molar-refractivity contribution is 7.14. The van der Waals surface area contributed by atoms with Crippen LogP contribution in [0.2, 0.25) is 0 Å². The summed E-state index contributed by atoms with van der Waals surface area (Å²) in [4.78, 5) is 15.2. The van der Waals surface area contributed by atoms with Crippen LogP contribution in [0.25, 0.3) is 0 Å². The van der Waals surface area contributed by atoms with Gasteiger partial charge < -0.3 is 15.4 Å². The second kappa shape index (κ2) is 5.06. The molecule has 1 saturated carbocycles. The summed E-state index contributed by atoms with van der Waals surface area (Å²) in [6.45, 7) is 1.40. The fourth-order valence-electron chi connectivity index (χ4n) is 1.58. The first-order valence-electron chi connectivity index (χ1n) is 5.79. The normalized spacial score (nSPS) is 15.2. The molecule has 1 aromatic heterocycles. The molecule has 0 spiro atoms. The lowest BCUT2D eigenvalue weighted by molar-refractivity contribution is 0.100. The largest absolute Gasteiger partial charge is 0.491 e. The number of nitrogens with zero attached hydrogens (tertiary/aromatic N) is 1. The van der Waals surface area contributed by atoms with E-state index >= 15 is 0 Å². The molecule has 94 valence electrons. The van der Waals surface area contributed by atoms with Crippen LogP contribution in [-0.4, -0.2) is 38.1 Å². The van der Waals surface area contributed by atoms with E-state index in [1.165, 1.54) is 29.1 Å². The number of hydrogen-bond acceptors (Lipinski definition) is 4. The number of carbonyl (C=O) groups is 1. The number of primary amides is 1. The standard InChI is InChI=1S/C12H18N2O2S/c1-14(2)5-6-16-9-7-10(8-3-4-8)17-11(9)12(13)15/h7-8H,3-6H2,1-2H3,(H2,13,15). The molecular formula is C12H18N2O2S. The van der Waals surface area contributed by atoms with Crippen LogP contribution >= 0.6 is 11.3 Å². The van der Waals surface area contributed by atoms with Crippen molar-refractivity contribution in [3.05, 3.63) is 15.8 Å². The van der Waals surface area contributed by atoms with Crippen molar-refractivity contribution in [1.82, 2.24) is 4.90 Å². The van der Waals surface area contributed by atoms with Gasteiger partial charge in [-0.3, -0.25) is 4.79 Å². The molecule has 1 heterocycles. The van der Waals surface area contributed by atoms with Crippen LogP contribution in [0.1, 0.15) is 33.3 Å². The van der Waals surface area contributed by atoms with Gasteiger partial charge in [0.2, 0.25) is 0 Å². The van der Waals surface area contributed by atoms with Gasteiger partial charge >= 0.3 is 0 Å². The highest BCUT2D eigenvalue weighted by Gasteiger charge is 2.28.